The third kappa shape index (κ3) is 3.51. The Bertz CT molecular complexity index is 551. The third-order valence-electron chi connectivity index (χ3n) is 3.07. The van der Waals surface area contributed by atoms with Gasteiger partial charge < -0.3 is 5.32 Å². The summed E-state index contributed by atoms with van der Waals surface area (Å²) in [5.41, 5.74) is 3.61. The van der Waals surface area contributed by atoms with E-state index in [1.54, 1.807) is 11.3 Å². The second kappa shape index (κ2) is 6.76. The van der Waals surface area contributed by atoms with E-state index in [0.29, 0.717) is 0 Å². The molecule has 0 aliphatic rings. The lowest BCUT2D eigenvalue weighted by Crippen LogP contribution is -2.23. The van der Waals surface area contributed by atoms with E-state index >= 15 is 0 Å². The first-order chi connectivity index (χ1) is 9.13. The summed E-state index contributed by atoms with van der Waals surface area (Å²) < 4.78 is 0. The van der Waals surface area contributed by atoms with E-state index in [1.165, 1.54) is 11.1 Å². The van der Waals surface area contributed by atoms with Gasteiger partial charge in [-0.25, -0.2) is 0 Å². The maximum absolute atomic E-state index is 6.34. The van der Waals surface area contributed by atoms with Crippen LogP contribution < -0.4 is 5.32 Å². The minimum Gasteiger partial charge on any atom is -0.306 e. The van der Waals surface area contributed by atoms with Crippen molar-refractivity contribution in [1.82, 2.24) is 5.32 Å². The highest BCUT2D eigenvalue weighted by Gasteiger charge is 2.19. The maximum Gasteiger partial charge on any atom is 0.0602 e. The number of thiophene rings is 1. The summed E-state index contributed by atoms with van der Waals surface area (Å²) in [5, 5.41) is 9.37. The minimum absolute atomic E-state index is 0.109. The van der Waals surface area contributed by atoms with Crippen molar-refractivity contribution in [3.05, 3.63) is 55.7 Å². The van der Waals surface area contributed by atoms with Gasteiger partial charge in [-0.05, 0) is 65.5 Å². The van der Waals surface area contributed by atoms with Gasteiger partial charge in [-0.2, -0.15) is 11.3 Å². The third-order valence-corrected chi connectivity index (χ3v) is 4.53. The van der Waals surface area contributed by atoms with E-state index < -0.39 is 0 Å². The summed E-state index contributed by atoms with van der Waals surface area (Å²) >= 11 is 14.2. The summed E-state index contributed by atoms with van der Waals surface area (Å²) in [5.74, 6) is 0. The predicted octanol–water partition coefficient (Wildman–Crippen LogP) is 5.45. The summed E-state index contributed by atoms with van der Waals surface area (Å²) in [6.07, 6.45) is 1.08. The van der Waals surface area contributed by atoms with Gasteiger partial charge in [-0.3, -0.25) is 0 Å². The van der Waals surface area contributed by atoms with E-state index in [1.807, 2.05) is 18.2 Å². The fourth-order valence-corrected chi connectivity index (χ4v) is 3.36. The van der Waals surface area contributed by atoms with Gasteiger partial charge in [0.25, 0.3) is 0 Å². The van der Waals surface area contributed by atoms with Crippen LogP contribution in [0.3, 0.4) is 0 Å². The monoisotopic (exact) mass is 313 g/mol. The standard InChI is InChI=1S/C15H17Cl2NS/c1-3-6-18-15(13-9-19-8-10(13)2)12-7-11(16)4-5-14(12)17/h4-5,7-9,15,18H,3,6H2,1-2H3. The number of hydrogen-bond donors (Lipinski definition) is 1. The zero-order valence-corrected chi connectivity index (χ0v) is 13.4. The Morgan fingerprint density at radius 1 is 1.21 bits per heavy atom. The van der Waals surface area contributed by atoms with Crippen LogP contribution in [0.15, 0.2) is 29.0 Å². The Balaban J connectivity index is 2.42. The molecule has 0 bridgehead atoms. The number of aryl methyl sites for hydroxylation is 1. The first-order valence-electron chi connectivity index (χ1n) is 6.34. The second-order valence-corrected chi connectivity index (χ2v) is 6.15. The van der Waals surface area contributed by atoms with Crippen molar-refractivity contribution in [2.24, 2.45) is 0 Å². The molecule has 0 spiro atoms. The Morgan fingerprint density at radius 2 is 2.00 bits per heavy atom. The topological polar surface area (TPSA) is 12.0 Å². The molecule has 0 aliphatic carbocycles. The highest BCUT2D eigenvalue weighted by Crippen LogP contribution is 2.33. The smallest absolute Gasteiger partial charge is 0.0602 e. The van der Waals surface area contributed by atoms with Crippen LogP contribution in [-0.2, 0) is 0 Å². The van der Waals surface area contributed by atoms with Gasteiger partial charge in [0.2, 0.25) is 0 Å². The number of halogens is 2. The molecule has 2 rings (SSSR count). The van der Waals surface area contributed by atoms with Gasteiger partial charge in [0.1, 0.15) is 0 Å². The molecule has 2 aromatic rings. The first-order valence-corrected chi connectivity index (χ1v) is 8.04. The summed E-state index contributed by atoms with van der Waals surface area (Å²) in [6.45, 7) is 5.23. The van der Waals surface area contributed by atoms with Crippen molar-refractivity contribution in [2.45, 2.75) is 26.3 Å². The molecule has 0 radical (unpaired) electrons. The normalized spacial score (nSPS) is 12.6. The van der Waals surface area contributed by atoms with Gasteiger partial charge in [0.05, 0.1) is 6.04 Å². The van der Waals surface area contributed by atoms with Crippen molar-refractivity contribution < 1.29 is 0 Å². The number of rotatable bonds is 5. The summed E-state index contributed by atoms with van der Waals surface area (Å²) in [4.78, 5) is 0. The lowest BCUT2D eigenvalue weighted by molar-refractivity contribution is 0.598. The SMILES string of the molecule is CCCNC(c1cscc1C)c1cc(Cl)ccc1Cl. The Labute approximate surface area is 128 Å². The van der Waals surface area contributed by atoms with Crippen LogP contribution >= 0.6 is 34.5 Å². The van der Waals surface area contributed by atoms with Crippen LogP contribution in [0.25, 0.3) is 0 Å². The molecule has 4 heteroatoms. The van der Waals surface area contributed by atoms with E-state index in [-0.39, 0.29) is 6.04 Å². The van der Waals surface area contributed by atoms with Crippen molar-refractivity contribution in [2.75, 3.05) is 6.54 Å². The molecule has 1 unspecified atom stereocenters. The quantitative estimate of drug-likeness (QED) is 0.773. The van der Waals surface area contributed by atoms with E-state index in [9.17, 15) is 0 Å². The highest BCUT2D eigenvalue weighted by molar-refractivity contribution is 7.08. The lowest BCUT2D eigenvalue weighted by Gasteiger charge is -2.21. The molecule has 0 fully saturated rings. The zero-order chi connectivity index (χ0) is 13.8. The van der Waals surface area contributed by atoms with E-state index in [4.69, 9.17) is 23.2 Å². The first kappa shape index (κ1) is 14.9. The molecule has 1 heterocycles. The van der Waals surface area contributed by atoms with E-state index in [0.717, 1.165) is 28.6 Å². The van der Waals surface area contributed by atoms with Crippen LogP contribution in [-0.4, -0.2) is 6.54 Å². The summed E-state index contributed by atoms with van der Waals surface area (Å²) in [6, 6.07) is 5.75. The molecule has 102 valence electrons. The van der Waals surface area contributed by atoms with Gasteiger partial charge in [0.15, 0.2) is 0 Å². The second-order valence-electron chi connectivity index (χ2n) is 4.56. The van der Waals surface area contributed by atoms with Crippen LogP contribution in [0.5, 0.6) is 0 Å². The predicted molar refractivity (Wildman–Crippen MR) is 85.7 cm³/mol. The van der Waals surface area contributed by atoms with E-state index in [2.05, 4.69) is 29.9 Å². The molecule has 0 aliphatic heterocycles. The molecule has 0 saturated carbocycles. The van der Waals surface area contributed by atoms with Crippen LogP contribution in [0, 0.1) is 6.92 Å². The van der Waals surface area contributed by atoms with Crippen molar-refractivity contribution in [3.63, 3.8) is 0 Å². The van der Waals surface area contributed by atoms with Crippen LogP contribution in [0.4, 0.5) is 0 Å². The van der Waals surface area contributed by atoms with Gasteiger partial charge in [0, 0.05) is 10.0 Å². The van der Waals surface area contributed by atoms with Crippen molar-refractivity contribution in [3.8, 4) is 0 Å². The average molecular weight is 314 g/mol. The Kier molecular flexibility index (Phi) is 5.28. The van der Waals surface area contributed by atoms with Gasteiger partial charge in [-0.15, -0.1) is 0 Å². The molecule has 1 N–H and O–H groups in total. The molecule has 1 aromatic heterocycles. The van der Waals surface area contributed by atoms with Crippen LogP contribution in [0.1, 0.15) is 36.1 Å². The molecule has 0 saturated heterocycles. The number of nitrogens with one attached hydrogen (secondary N) is 1. The molecular formula is C15H17Cl2NS. The number of benzene rings is 1. The van der Waals surface area contributed by atoms with Gasteiger partial charge in [-0.1, -0.05) is 30.1 Å². The van der Waals surface area contributed by atoms with Crippen molar-refractivity contribution >= 4 is 34.5 Å². The van der Waals surface area contributed by atoms with Crippen molar-refractivity contribution in [1.29, 1.82) is 0 Å². The maximum atomic E-state index is 6.34. The highest BCUT2D eigenvalue weighted by atomic mass is 35.5. The summed E-state index contributed by atoms with van der Waals surface area (Å²) in [7, 11) is 0. The van der Waals surface area contributed by atoms with Gasteiger partial charge >= 0.3 is 0 Å². The van der Waals surface area contributed by atoms with Crippen LogP contribution in [0.2, 0.25) is 10.0 Å². The molecule has 0 amide bonds. The fraction of sp³-hybridized carbons (Fsp3) is 0.333. The zero-order valence-electron chi connectivity index (χ0n) is 11.0. The number of hydrogen-bond acceptors (Lipinski definition) is 2. The molecule has 1 nitrogen and oxygen atoms in total. The fourth-order valence-electron chi connectivity index (χ4n) is 2.08. The molecule has 1 aromatic carbocycles. The Hall–Kier alpha value is -0.540. The molecule has 19 heavy (non-hydrogen) atoms. The molecular weight excluding hydrogens is 297 g/mol. The molecule has 1 atom stereocenters. The average Bonchev–Trinajstić information content (AvgIpc) is 2.80. The lowest BCUT2D eigenvalue weighted by atomic mass is 9.98. The minimum atomic E-state index is 0.109. The Morgan fingerprint density at radius 3 is 2.63 bits per heavy atom. The largest absolute Gasteiger partial charge is 0.306 e.